The number of rotatable bonds is 3. The minimum Gasteiger partial charge on any atom is -0.291 e. The second-order valence-electron chi connectivity index (χ2n) is 4.82. The van der Waals surface area contributed by atoms with Crippen molar-refractivity contribution in [2.24, 2.45) is 0 Å². The summed E-state index contributed by atoms with van der Waals surface area (Å²) in [5, 5.41) is 0. The second-order valence-corrected chi connectivity index (χ2v) is 4.82. The van der Waals surface area contributed by atoms with Crippen LogP contribution in [0.1, 0.15) is 22.3 Å². The molecule has 1 aliphatic rings. The molecule has 0 amide bonds. The lowest BCUT2D eigenvalue weighted by molar-refractivity contribution is 0.275. The van der Waals surface area contributed by atoms with Crippen molar-refractivity contribution in [2.45, 2.75) is 19.6 Å². The summed E-state index contributed by atoms with van der Waals surface area (Å²) in [6, 6.07) is 17.2. The molecule has 0 aliphatic carbocycles. The van der Waals surface area contributed by atoms with Gasteiger partial charge in [-0.05, 0) is 22.3 Å². The largest absolute Gasteiger partial charge is 0.291 e. The van der Waals surface area contributed by atoms with Gasteiger partial charge in [-0.3, -0.25) is 4.90 Å². The minimum atomic E-state index is 0.997. The molecule has 1 heterocycles. The lowest BCUT2D eigenvalue weighted by Crippen LogP contribution is -2.16. The molecular formula is C17H17N. The number of nitrogens with zero attached hydrogens (tertiary/aromatic N) is 1. The molecule has 1 aliphatic heterocycles. The van der Waals surface area contributed by atoms with E-state index in [1.807, 2.05) is 6.08 Å². The molecule has 18 heavy (non-hydrogen) atoms. The predicted octanol–water partition coefficient (Wildman–Crippen LogP) is 3.85. The monoisotopic (exact) mass is 235 g/mol. The summed E-state index contributed by atoms with van der Waals surface area (Å²) in [6.45, 7) is 7.00. The molecule has 0 aromatic heterocycles. The number of fused-ring (bicyclic) bond motifs is 1. The smallest absolute Gasteiger partial charge is 0.0246 e. The Balaban J connectivity index is 1.78. The number of hydrogen-bond donors (Lipinski definition) is 0. The Labute approximate surface area is 108 Å². The van der Waals surface area contributed by atoms with Crippen LogP contribution in [0.2, 0.25) is 0 Å². The Morgan fingerprint density at radius 1 is 0.944 bits per heavy atom. The molecule has 1 heteroatoms. The van der Waals surface area contributed by atoms with Crippen LogP contribution in [-0.2, 0) is 19.6 Å². The van der Waals surface area contributed by atoms with Crippen molar-refractivity contribution in [3.05, 3.63) is 77.4 Å². The minimum absolute atomic E-state index is 0.997. The molecule has 2 aromatic rings. The summed E-state index contributed by atoms with van der Waals surface area (Å²) >= 11 is 0. The highest BCUT2D eigenvalue weighted by Gasteiger charge is 2.18. The highest BCUT2D eigenvalue weighted by Crippen LogP contribution is 2.24. The lowest BCUT2D eigenvalue weighted by atomic mass is 10.1. The Kier molecular flexibility index (Phi) is 2.99. The third-order valence-corrected chi connectivity index (χ3v) is 3.58. The number of benzene rings is 2. The zero-order valence-electron chi connectivity index (χ0n) is 10.5. The van der Waals surface area contributed by atoms with Gasteiger partial charge in [0.15, 0.2) is 0 Å². The van der Waals surface area contributed by atoms with E-state index in [0.717, 1.165) is 19.6 Å². The molecule has 0 bridgehead atoms. The van der Waals surface area contributed by atoms with Crippen molar-refractivity contribution in [3.8, 4) is 0 Å². The van der Waals surface area contributed by atoms with Crippen LogP contribution in [0.3, 0.4) is 0 Å². The van der Waals surface area contributed by atoms with Gasteiger partial charge in [0.1, 0.15) is 0 Å². The van der Waals surface area contributed by atoms with E-state index in [1.165, 1.54) is 22.3 Å². The summed E-state index contributed by atoms with van der Waals surface area (Å²) < 4.78 is 0. The molecule has 0 spiro atoms. The average Bonchev–Trinajstić information content (AvgIpc) is 2.81. The topological polar surface area (TPSA) is 3.24 Å². The first-order chi connectivity index (χ1) is 8.86. The van der Waals surface area contributed by atoms with E-state index < -0.39 is 0 Å². The van der Waals surface area contributed by atoms with Crippen molar-refractivity contribution < 1.29 is 0 Å². The van der Waals surface area contributed by atoms with Gasteiger partial charge >= 0.3 is 0 Å². The maximum Gasteiger partial charge on any atom is 0.0246 e. The molecule has 0 saturated heterocycles. The van der Waals surface area contributed by atoms with Crippen molar-refractivity contribution in [1.29, 1.82) is 0 Å². The Hall–Kier alpha value is -1.86. The average molecular weight is 235 g/mol. The van der Waals surface area contributed by atoms with E-state index in [4.69, 9.17) is 0 Å². The van der Waals surface area contributed by atoms with Gasteiger partial charge in [-0.2, -0.15) is 0 Å². The van der Waals surface area contributed by atoms with E-state index in [2.05, 4.69) is 60.0 Å². The van der Waals surface area contributed by atoms with Crippen molar-refractivity contribution >= 4 is 6.08 Å². The fraction of sp³-hybridized carbons (Fsp3) is 0.176. The molecular weight excluding hydrogens is 218 g/mol. The van der Waals surface area contributed by atoms with E-state index in [0.29, 0.717) is 0 Å². The van der Waals surface area contributed by atoms with E-state index in [-0.39, 0.29) is 0 Å². The highest BCUT2D eigenvalue weighted by molar-refractivity contribution is 5.51. The standard InChI is InChI=1S/C17H17N/c1-2-14-7-3-4-8-15(14)11-18-12-16-9-5-6-10-17(16)13-18/h2-10H,1,11-13H2. The Bertz CT molecular complexity index is 546. The predicted molar refractivity (Wildman–Crippen MR) is 75.9 cm³/mol. The van der Waals surface area contributed by atoms with Crippen LogP contribution in [0.5, 0.6) is 0 Å². The molecule has 3 rings (SSSR count). The Morgan fingerprint density at radius 3 is 2.22 bits per heavy atom. The zero-order valence-corrected chi connectivity index (χ0v) is 10.5. The summed E-state index contributed by atoms with van der Waals surface area (Å²) in [4.78, 5) is 2.48. The molecule has 2 aromatic carbocycles. The van der Waals surface area contributed by atoms with Gasteiger partial charge in [0.25, 0.3) is 0 Å². The molecule has 0 radical (unpaired) electrons. The van der Waals surface area contributed by atoms with Gasteiger partial charge in [-0.15, -0.1) is 0 Å². The van der Waals surface area contributed by atoms with Crippen molar-refractivity contribution in [1.82, 2.24) is 4.90 Å². The summed E-state index contributed by atoms with van der Waals surface area (Å²) in [6.07, 6.45) is 1.94. The summed E-state index contributed by atoms with van der Waals surface area (Å²) in [5.41, 5.74) is 5.54. The van der Waals surface area contributed by atoms with Crippen molar-refractivity contribution in [2.75, 3.05) is 0 Å². The van der Waals surface area contributed by atoms with Crippen LogP contribution in [0.25, 0.3) is 6.08 Å². The van der Waals surface area contributed by atoms with Crippen LogP contribution >= 0.6 is 0 Å². The third-order valence-electron chi connectivity index (χ3n) is 3.58. The zero-order chi connectivity index (χ0) is 12.4. The maximum absolute atomic E-state index is 3.89. The van der Waals surface area contributed by atoms with Gasteiger partial charge in [0.05, 0.1) is 0 Å². The van der Waals surface area contributed by atoms with Gasteiger partial charge in [-0.25, -0.2) is 0 Å². The van der Waals surface area contributed by atoms with E-state index >= 15 is 0 Å². The van der Waals surface area contributed by atoms with Crippen LogP contribution in [0.15, 0.2) is 55.1 Å². The van der Waals surface area contributed by atoms with Gasteiger partial charge in [-0.1, -0.05) is 61.2 Å². The first-order valence-electron chi connectivity index (χ1n) is 6.36. The number of hydrogen-bond acceptors (Lipinski definition) is 1. The lowest BCUT2D eigenvalue weighted by Gasteiger charge is -2.16. The first kappa shape index (κ1) is 11.2. The molecule has 0 saturated carbocycles. The molecule has 0 fully saturated rings. The molecule has 90 valence electrons. The maximum atomic E-state index is 3.89. The van der Waals surface area contributed by atoms with Gasteiger partial charge < -0.3 is 0 Å². The van der Waals surface area contributed by atoms with Crippen LogP contribution < -0.4 is 0 Å². The van der Waals surface area contributed by atoms with Crippen LogP contribution in [0, 0.1) is 0 Å². The highest BCUT2D eigenvalue weighted by atomic mass is 15.1. The van der Waals surface area contributed by atoms with E-state index in [1.54, 1.807) is 0 Å². The fourth-order valence-electron chi connectivity index (χ4n) is 2.63. The van der Waals surface area contributed by atoms with E-state index in [9.17, 15) is 0 Å². The van der Waals surface area contributed by atoms with Gasteiger partial charge in [0.2, 0.25) is 0 Å². The summed E-state index contributed by atoms with van der Waals surface area (Å²) in [5.74, 6) is 0. The van der Waals surface area contributed by atoms with Crippen molar-refractivity contribution in [3.63, 3.8) is 0 Å². The molecule has 0 unspecified atom stereocenters. The first-order valence-corrected chi connectivity index (χ1v) is 6.36. The molecule has 0 atom stereocenters. The normalized spacial score (nSPS) is 14.4. The molecule has 1 nitrogen and oxygen atoms in total. The third kappa shape index (κ3) is 2.09. The fourth-order valence-corrected chi connectivity index (χ4v) is 2.63. The Morgan fingerprint density at radius 2 is 1.56 bits per heavy atom. The SMILES string of the molecule is C=Cc1ccccc1CN1Cc2ccccc2C1. The molecule has 0 N–H and O–H groups in total. The van der Waals surface area contributed by atoms with Crippen LogP contribution in [-0.4, -0.2) is 4.90 Å². The quantitative estimate of drug-likeness (QED) is 0.781. The van der Waals surface area contributed by atoms with Gasteiger partial charge in [0, 0.05) is 19.6 Å². The second kappa shape index (κ2) is 4.79. The van der Waals surface area contributed by atoms with Crippen LogP contribution in [0.4, 0.5) is 0 Å². The summed E-state index contributed by atoms with van der Waals surface area (Å²) in [7, 11) is 0.